The smallest absolute Gasteiger partial charge is 0.223 e. The summed E-state index contributed by atoms with van der Waals surface area (Å²) in [5.74, 6) is 0.258. The number of piperazine rings is 1. The minimum absolute atomic E-state index is 0. The summed E-state index contributed by atoms with van der Waals surface area (Å²) in [6, 6.07) is 4.07. The van der Waals surface area contributed by atoms with E-state index in [1.165, 1.54) is 11.1 Å². The molecule has 3 rings (SSSR count). The normalized spacial score (nSPS) is 21.1. The number of amides is 1. The Bertz CT molecular complexity index is 591. The Kier molecular flexibility index (Phi) is 7.20. The molecule has 0 aliphatic carbocycles. The highest BCUT2D eigenvalue weighted by atomic mass is 35.5. The van der Waals surface area contributed by atoms with Gasteiger partial charge in [-0.25, -0.2) is 0 Å². The number of fused-ring (bicyclic) bond motifs is 1. The molecule has 0 bridgehead atoms. The standard InChI is InChI=1S/C17H23Cl2N3O.ClH/c1-12-15-10-13(18)11-16(19)14(15)2-6-21(12)7-3-17(23)22-8-4-20-5-9-22;/h10-12,20H,2-9H2,1H3;1H. The minimum Gasteiger partial charge on any atom is -0.340 e. The average molecular weight is 393 g/mol. The Morgan fingerprint density at radius 3 is 2.67 bits per heavy atom. The van der Waals surface area contributed by atoms with Crippen molar-refractivity contribution in [3.8, 4) is 0 Å². The first-order chi connectivity index (χ1) is 11.1. The van der Waals surface area contributed by atoms with Gasteiger partial charge in [-0.2, -0.15) is 0 Å². The molecule has 1 amide bonds. The van der Waals surface area contributed by atoms with E-state index >= 15 is 0 Å². The minimum atomic E-state index is 0. The topological polar surface area (TPSA) is 35.6 Å². The molecule has 0 aromatic heterocycles. The van der Waals surface area contributed by atoms with Crippen LogP contribution < -0.4 is 5.32 Å². The number of carbonyl (C=O) groups is 1. The van der Waals surface area contributed by atoms with Crippen LogP contribution in [0.3, 0.4) is 0 Å². The van der Waals surface area contributed by atoms with Gasteiger partial charge in [0, 0.05) is 61.8 Å². The monoisotopic (exact) mass is 391 g/mol. The second-order valence-corrected chi connectivity index (χ2v) is 7.14. The predicted molar refractivity (Wildman–Crippen MR) is 101 cm³/mol. The average Bonchev–Trinajstić information content (AvgIpc) is 2.55. The molecule has 1 atom stereocenters. The van der Waals surface area contributed by atoms with Gasteiger partial charge in [0.05, 0.1) is 0 Å². The second-order valence-electron chi connectivity index (χ2n) is 6.30. The molecular weight excluding hydrogens is 369 g/mol. The highest BCUT2D eigenvalue weighted by Gasteiger charge is 2.27. The van der Waals surface area contributed by atoms with Gasteiger partial charge in [0.15, 0.2) is 0 Å². The Balaban J connectivity index is 0.00000208. The number of carbonyl (C=O) groups excluding carboxylic acids is 1. The molecule has 1 N–H and O–H groups in total. The van der Waals surface area contributed by atoms with Crippen molar-refractivity contribution in [3.05, 3.63) is 33.3 Å². The summed E-state index contributed by atoms with van der Waals surface area (Å²) in [5.41, 5.74) is 2.40. The van der Waals surface area contributed by atoms with Crippen molar-refractivity contribution in [2.45, 2.75) is 25.8 Å². The summed E-state index contributed by atoms with van der Waals surface area (Å²) in [6.45, 7) is 7.33. The fourth-order valence-electron chi connectivity index (χ4n) is 3.52. The third kappa shape index (κ3) is 4.36. The van der Waals surface area contributed by atoms with Crippen LogP contribution in [0.5, 0.6) is 0 Å². The highest BCUT2D eigenvalue weighted by Crippen LogP contribution is 2.35. The maximum absolute atomic E-state index is 12.3. The molecule has 7 heteroatoms. The number of nitrogens with zero attached hydrogens (tertiary/aromatic N) is 2. The van der Waals surface area contributed by atoms with Crippen molar-refractivity contribution in [1.29, 1.82) is 0 Å². The third-order valence-corrected chi connectivity index (χ3v) is 5.48. The van der Waals surface area contributed by atoms with Crippen molar-refractivity contribution in [1.82, 2.24) is 15.1 Å². The number of nitrogens with one attached hydrogen (secondary N) is 1. The van der Waals surface area contributed by atoms with Crippen molar-refractivity contribution in [2.75, 3.05) is 39.3 Å². The molecule has 2 aliphatic heterocycles. The summed E-state index contributed by atoms with van der Waals surface area (Å²) < 4.78 is 0. The van der Waals surface area contributed by atoms with Gasteiger partial charge in [-0.15, -0.1) is 12.4 Å². The second kappa shape index (κ2) is 8.72. The van der Waals surface area contributed by atoms with Gasteiger partial charge in [-0.1, -0.05) is 23.2 Å². The van der Waals surface area contributed by atoms with E-state index in [9.17, 15) is 4.79 Å². The molecule has 1 unspecified atom stereocenters. The lowest BCUT2D eigenvalue weighted by Crippen LogP contribution is -2.47. The SMILES string of the molecule is CC1c2cc(Cl)cc(Cl)c2CCN1CCC(=O)N1CCNCC1.Cl. The van der Waals surface area contributed by atoms with Gasteiger partial charge in [0.2, 0.25) is 5.91 Å². The molecule has 0 spiro atoms. The van der Waals surface area contributed by atoms with E-state index < -0.39 is 0 Å². The van der Waals surface area contributed by atoms with Crippen molar-refractivity contribution in [2.24, 2.45) is 0 Å². The third-order valence-electron chi connectivity index (χ3n) is 4.92. The van der Waals surface area contributed by atoms with Gasteiger partial charge in [-0.3, -0.25) is 9.69 Å². The quantitative estimate of drug-likeness (QED) is 0.858. The zero-order chi connectivity index (χ0) is 16.4. The highest BCUT2D eigenvalue weighted by molar-refractivity contribution is 6.35. The van der Waals surface area contributed by atoms with Crippen LogP contribution >= 0.6 is 35.6 Å². The van der Waals surface area contributed by atoms with Crippen molar-refractivity contribution in [3.63, 3.8) is 0 Å². The molecule has 4 nitrogen and oxygen atoms in total. The molecule has 2 heterocycles. The Morgan fingerprint density at radius 2 is 1.96 bits per heavy atom. The molecule has 1 saturated heterocycles. The fourth-order valence-corrected chi connectivity index (χ4v) is 4.13. The first kappa shape index (κ1) is 19.8. The summed E-state index contributed by atoms with van der Waals surface area (Å²) in [5, 5.41) is 4.71. The van der Waals surface area contributed by atoms with E-state index in [1.807, 2.05) is 17.0 Å². The number of hydrogen-bond acceptors (Lipinski definition) is 3. The first-order valence-corrected chi connectivity index (χ1v) is 9.02. The van der Waals surface area contributed by atoms with E-state index in [0.717, 1.165) is 50.7 Å². The zero-order valence-corrected chi connectivity index (χ0v) is 16.2. The van der Waals surface area contributed by atoms with Crippen LogP contribution in [-0.2, 0) is 11.2 Å². The summed E-state index contributed by atoms with van der Waals surface area (Å²) in [6.07, 6.45) is 1.49. The van der Waals surface area contributed by atoms with E-state index in [4.69, 9.17) is 23.2 Å². The number of benzene rings is 1. The maximum atomic E-state index is 12.3. The van der Waals surface area contributed by atoms with E-state index in [-0.39, 0.29) is 24.4 Å². The van der Waals surface area contributed by atoms with Crippen molar-refractivity contribution < 1.29 is 4.79 Å². The fraction of sp³-hybridized carbons (Fsp3) is 0.588. The molecule has 2 aliphatic rings. The van der Waals surface area contributed by atoms with Gasteiger partial charge in [0.1, 0.15) is 0 Å². The van der Waals surface area contributed by atoms with Crippen LogP contribution in [0.1, 0.15) is 30.5 Å². The molecule has 24 heavy (non-hydrogen) atoms. The largest absolute Gasteiger partial charge is 0.340 e. The lowest BCUT2D eigenvalue weighted by atomic mass is 9.93. The van der Waals surface area contributed by atoms with Gasteiger partial charge < -0.3 is 10.2 Å². The molecule has 0 saturated carbocycles. The molecule has 1 fully saturated rings. The first-order valence-electron chi connectivity index (χ1n) is 8.26. The van der Waals surface area contributed by atoms with Gasteiger partial charge >= 0.3 is 0 Å². The number of hydrogen-bond donors (Lipinski definition) is 1. The molecular formula is C17H24Cl3N3O. The van der Waals surface area contributed by atoms with Crippen LogP contribution in [0.2, 0.25) is 10.0 Å². The van der Waals surface area contributed by atoms with E-state index in [0.29, 0.717) is 11.4 Å². The zero-order valence-electron chi connectivity index (χ0n) is 13.9. The van der Waals surface area contributed by atoms with E-state index in [1.54, 1.807) is 0 Å². The summed E-state index contributed by atoms with van der Waals surface area (Å²) >= 11 is 12.5. The summed E-state index contributed by atoms with van der Waals surface area (Å²) in [7, 11) is 0. The molecule has 134 valence electrons. The van der Waals surface area contributed by atoms with Gasteiger partial charge in [0.25, 0.3) is 0 Å². The lowest BCUT2D eigenvalue weighted by Gasteiger charge is -2.36. The molecule has 0 radical (unpaired) electrons. The van der Waals surface area contributed by atoms with Crippen LogP contribution in [0.4, 0.5) is 0 Å². The Labute approximate surface area is 159 Å². The van der Waals surface area contributed by atoms with Crippen LogP contribution in [-0.4, -0.2) is 55.0 Å². The van der Waals surface area contributed by atoms with Crippen LogP contribution in [0, 0.1) is 0 Å². The molecule has 1 aromatic rings. The summed E-state index contributed by atoms with van der Waals surface area (Å²) in [4.78, 5) is 16.7. The molecule has 1 aromatic carbocycles. The van der Waals surface area contributed by atoms with Crippen molar-refractivity contribution >= 4 is 41.5 Å². The van der Waals surface area contributed by atoms with E-state index in [2.05, 4.69) is 17.1 Å². The lowest BCUT2D eigenvalue weighted by molar-refractivity contribution is -0.132. The van der Waals surface area contributed by atoms with Crippen LogP contribution in [0.25, 0.3) is 0 Å². The number of halogens is 3. The maximum Gasteiger partial charge on any atom is 0.223 e. The van der Waals surface area contributed by atoms with Gasteiger partial charge in [-0.05, 0) is 36.6 Å². The van der Waals surface area contributed by atoms with Crippen LogP contribution in [0.15, 0.2) is 12.1 Å². The Hall–Kier alpha value is -0.520. The number of rotatable bonds is 3. The Morgan fingerprint density at radius 1 is 1.25 bits per heavy atom. The predicted octanol–water partition coefficient (Wildman–Crippen LogP) is 3.16.